The maximum absolute atomic E-state index is 11.9. The van der Waals surface area contributed by atoms with Crippen molar-refractivity contribution in [3.8, 4) is 5.75 Å². The summed E-state index contributed by atoms with van der Waals surface area (Å²) < 4.78 is 15.1. The molecule has 0 aliphatic carbocycles. The molecule has 1 aromatic heterocycles. The monoisotopic (exact) mass is 289 g/mol. The average Bonchev–Trinajstić information content (AvgIpc) is 2.99. The molecule has 0 radical (unpaired) electrons. The van der Waals surface area contributed by atoms with Crippen LogP contribution in [0.5, 0.6) is 5.75 Å². The summed E-state index contributed by atoms with van der Waals surface area (Å²) in [5.41, 5.74) is 0.598. The van der Waals surface area contributed by atoms with Crippen LogP contribution in [0.3, 0.4) is 0 Å². The van der Waals surface area contributed by atoms with Gasteiger partial charge in [0.15, 0.2) is 5.76 Å². The number of nitrogens with one attached hydrogen (secondary N) is 1. The fraction of sp³-hybridized carbons (Fsp3) is 0.200. The second kappa shape index (κ2) is 7.14. The van der Waals surface area contributed by atoms with Gasteiger partial charge in [0, 0.05) is 5.56 Å². The molecular formula is C15H15NO5. The average molecular weight is 289 g/mol. The van der Waals surface area contributed by atoms with Crippen LogP contribution in [-0.2, 0) is 16.1 Å². The predicted molar refractivity (Wildman–Crippen MR) is 73.8 cm³/mol. The fourth-order valence-corrected chi connectivity index (χ4v) is 1.63. The van der Waals surface area contributed by atoms with Crippen LogP contribution in [0.15, 0.2) is 47.1 Å². The lowest BCUT2D eigenvalue weighted by atomic mass is 10.2. The molecule has 21 heavy (non-hydrogen) atoms. The fourth-order valence-electron chi connectivity index (χ4n) is 1.63. The van der Waals surface area contributed by atoms with Gasteiger partial charge >= 0.3 is 5.97 Å². The molecule has 1 N–H and O–H groups in total. The van der Waals surface area contributed by atoms with E-state index in [1.54, 1.807) is 6.07 Å². The molecule has 0 fully saturated rings. The van der Waals surface area contributed by atoms with Crippen molar-refractivity contribution in [2.45, 2.75) is 6.61 Å². The number of furan rings is 1. The molecule has 0 saturated carbocycles. The number of amides is 1. The van der Waals surface area contributed by atoms with Crippen LogP contribution in [0.1, 0.15) is 16.1 Å². The first-order chi connectivity index (χ1) is 10.2. The van der Waals surface area contributed by atoms with Crippen LogP contribution >= 0.6 is 0 Å². The number of ether oxygens (including phenoxy) is 2. The Labute approximate surface area is 121 Å². The van der Waals surface area contributed by atoms with E-state index < -0.39 is 11.9 Å². The van der Waals surface area contributed by atoms with Crippen LogP contribution in [-0.4, -0.2) is 25.5 Å². The summed E-state index contributed by atoms with van der Waals surface area (Å²) in [7, 11) is 1.25. The van der Waals surface area contributed by atoms with E-state index in [0.717, 1.165) is 0 Å². The van der Waals surface area contributed by atoms with Crippen molar-refractivity contribution in [1.29, 1.82) is 0 Å². The smallest absolute Gasteiger partial charge is 0.325 e. The lowest BCUT2D eigenvalue weighted by molar-refractivity contribution is -0.139. The zero-order chi connectivity index (χ0) is 15.1. The molecule has 0 aliphatic heterocycles. The minimum Gasteiger partial charge on any atom is -0.489 e. The molecule has 1 heterocycles. The first-order valence-electron chi connectivity index (χ1n) is 6.30. The van der Waals surface area contributed by atoms with Crippen molar-refractivity contribution in [3.63, 3.8) is 0 Å². The summed E-state index contributed by atoms with van der Waals surface area (Å²) in [6.45, 7) is -0.0174. The number of esters is 1. The Morgan fingerprint density at radius 1 is 1.19 bits per heavy atom. The number of carbonyl (C=O) groups is 2. The normalized spacial score (nSPS) is 9.95. The zero-order valence-corrected chi connectivity index (χ0v) is 11.5. The van der Waals surface area contributed by atoms with E-state index in [9.17, 15) is 9.59 Å². The highest BCUT2D eigenvalue weighted by molar-refractivity contribution is 5.94. The second-order valence-electron chi connectivity index (χ2n) is 4.14. The van der Waals surface area contributed by atoms with E-state index >= 15 is 0 Å². The Morgan fingerprint density at radius 2 is 1.95 bits per heavy atom. The third-order valence-corrected chi connectivity index (χ3v) is 2.71. The van der Waals surface area contributed by atoms with Gasteiger partial charge in [0.25, 0.3) is 5.91 Å². The molecular weight excluding hydrogens is 274 g/mol. The zero-order valence-electron chi connectivity index (χ0n) is 11.5. The van der Waals surface area contributed by atoms with Gasteiger partial charge in [0.05, 0.1) is 13.4 Å². The Hall–Kier alpha value is -2.76. The maximum atomic E-state index is 11.9. The largest absolute Gasteiger partial charge is 0.489 e. The summed E-state index contributed by atoms with van der Waals surface area (Å²) in [6.07, 6.45) is 1.40. The van der Waals surface area contributed by atoms with Gasteiger partial charge < -0.3 is 19.2 Å². The quantitative estimate of drug-likeness (QED) is 0.820. The van der Waals surface area contributed by atoms with E-state index in [1.165, 1.54) is 13.4 Å². The Bertz CT molecular complexity index is 606. The molecule has 0 unspecified atom stereocenters. The summed E-state index contributed by atoms with van der Waals surface area (Å²) in [6, 6.07) is 10.9. The highest BCUT2D eigenvalue weighted by atomic mass is 16.5. The van der Waals surface area contributed by atoms with Crippen LogP contribution in [0, 0.1) is 0 Å². The molecule has 0 atom stereocenters. The van der Waals surface area contributed by atoms with Gasteiger partial charge in [-0.1, -0.05) is 18.2 Å². The maximum Gasteiger partial charge on any atom is 0.325 e. The Kier molecular flexibility index (Phi) is 4.98. The number of methoxy groups -OCH3 is 1. The number of benzene rings is 1. The predicted octanol–water partition coefficient (Wildman–Crippen LogP) is 1.76. The third-order valence-electron chi connectivity index (χ3n) is 2.71. The van der Waals surface area contributed by atoms with Crippen molar-refractivity contribution in [2.75, 3.05) is 13.7 Å². The van der Waals surface area contributed by atoms with Gasteiger partial charge in [-0.05, 0) is 18.2 Å². The summed E-state index contributed by atoms with van der Waals surface area (Å²) in [4.78, 5) is 22.9. The number of para-hydroxylation sites is 1. The van der Waals surface area contributed by atoms with Gasteiger partial charge in [-0.15, -0.1) is 0 Å². The SMILES string of the molecule is COC(=O)CNC(=O)c1occc1COc1ccccc1. The summed E-state index contributed by atoms with van der Waals surface area (Å²) in [5, 5.41) is 2.41. The van der Waals surface area contributed by atoms with Crippen LogP contribution < -0.4 is 10.1 Å². The highest BCUT2D eigenvalue weighted by Crippen LogP contribution is 2.15. The third kappa shape index (κ3) is 4.10. The number of hydrogen-bond donors (Lipinski definition) is 1. The van der Waals surface area contributed by atoms with Crippen molar-refractivity contribution >= 4 is 11.9 Å². The van der Waals surface area contributed by atoms with Crippen molar-refractivity contribution in [3.05, 3.63) is 54.0 Å². The highest BCUT2D eigenvalue weighted by Gasteiger charge is 2.16. The molecule has 0 spiro atoms. The van der Waals surface area contributed by atoms with Gasteiger partial charge in [-0.2, -0.15) is 0 Å². The molecule has 2 aromatic rings. The second-order valence-corrected chi connectivity index (χ2v) is 4.14. The number of carbonyl (C=O) groups excluding carboxylic acids is 2. The molecule has 110 valence electrons. The minimum absolute atomic E-state index is 0.120. The van der Waals surface area contributed by atoms with E-state index in [2.05, 4.69) is 10.1 Å². The number of hydrogen-bond acceptors (Lipinski definition) is 5. The van der Waals surface area contributed by atoms with E-state index in [4.69, 9.17) is 9.15 Å². The van der Waals surface area contributed by atoms with Gasteiger partial charge in [-0.25, -0.2) is 0 Å². The first kappa shape index (κ1) is 14.6. The Morgan fingerprint density at radius 3 is 2.67 bits per heavy atom. The molecule has 0 aliphatic rings. The van der Waals surface area contributed by atoms with Gasteiger partial charge in [0.1, 0.15) is 18.9 Å². The molecule has 6 heteroatoms. The van der Waals surface area contributed by atoms with Crippen LogP contribution in [0.25, 0.3) is 0 Å². The minimum atomic E-state index is -0.531. The molecule has 1 aromatic carbocycles. The van der Waals surface area contributed by atoms with Crippen LogP contribution in [0.4, 0.5) is 0 Å². The number of rotatable bonds is 6. The van der Waals surface area contributed by atoms with Gasteiger partial charge in [0.2, 0.25) is 0 Å². The van der Waals surface area contributed by atoms with Crippen molar-refractivity contribution in [1.82, 2.24) is 5.32 Å². The van der Waals surface area contributed by atoms with E-state index in [0.29, 0.717) is 11.3 Å². The lowest BCUT2D eigenvalue weighted by Crippen LogP contribution is -2.30. The van der Waals surface area contributed by atoms with E-state index in [1.807, 2.05) is 30.3 Å². The van der Waals surface area contributed by atoms with E-state index in [-0.39, 0.29) is 18.9 Å². The van der Waals surface area contributed by atoms with Crippen molar-refractivity contribution in [2.24, 2.45) is 0 Å². The lowest BCUT2D eigenvalue weighted by Gasteiger charge is -2.06. The van der Waals surface area contributed by atoms with Crippen molar-refractivity contribution < 1.29 is 23.5 Å². The summed E-state index contributed by atoms with van der Waals surface area (Å²) in [5.74, 6) is -0.205. The standard InChI is InChI=1S/C15H15NO5/c1-19-13(17)9-16-15(18)14-11(7-8-20-14)10-21-12-5-3-2-4-6-12/h2-8H,9-10H2,1H3,(H,16,18). The molecule has 1 amide bonds. The first-order valence-corrected chi connectivity index (χ1v) is 6.30. The molecule has 0 saturated heterocycles. The molecule has 6 nitrogen and oxygen atoms in total. The Balaban J connectivity index is 1.95. The topological polar surface area (TPSA) is 77.8 Å². The van der Waals surface area contributed by atoms with Crippen LogP contribution in [0.2, 0.25) is 0 Å². The summed E-state index contributed by atoms with van der Waals surface area (Å²) >= 11 is 0. The molecule has 0 bridgehead atoms. The molecule has 2 rings (SSSR count). The van der Waals surface area contributed by atoms with Gasteiger partial charge in [-0.3, -0.25) is 9.59 Å².